The molecule has 0 bridgehead atoms. The Morgan fingerprint density at radius 3 is 2.64 bits per heavy atom. The molecule has 1 N–H and O–H groups in total. The highest BCUT2D eigenvalue weighted by molar-refractivity contribution is 8.23. The number of para-hydroxylation sites is 1. The Balaban J connectivity index is 2.38. The van der Waals surface area contributed by atoms with Crippen LogP contribution in [0.2, 0.25) is 0 Å². The highest BCUT2D eigenvalue weighted by Gasteiger charge is 1.97. The first kappa shape index (κ1) is 11.3. The van der Waals surface area contributed by atoms with Gasteiger partial charge in [-0.05, 0) is 19.1 Å². The van der Waals surface area contributed by atoms with Crippen molar-refractivity contribution in [1.29, 1.82) is 0 Å². The fraction of sp³-hybridized carbons (Fsp3) is 0.182. The van der Waals surface area contributed by atoms with Gasteiger partial charge in [0.2, 0.25) is 0 Å². The lowest BCUT2D eigenvalue weighted by Crippen LogP contribution is -2.05. The summed E-state index contributed by atoms with van der Waals surface area (Å²) in [6, 6.07) is 9.93. The third kappa shape index (κ3) is 4.44. The Morgan fingerprint density at radius 1 is 1.43 bits per heavy atom. The molecule has 0 spiro atoms. The fourth-order valence-electron chi connectivity index (χ4n) is 0.864. The molecule has 0 aliphatic carbocycles. The van der Waals surface area contributed by atoms with Gasteiger partial charge in [-0.25, -0.2) is 0 Å². The van der Waals surface area contributed by atoms with Gasteiger partial charge in [-0.2, -0.15) is 0 Å². The molecule has 0 saturated heterocycles. The molecule has 3 heteroatoms. The van der Waals surface area contributed by atoms with Gasteiger partial charge in [0.15, 0.2) is 0 Å². The zero-order valence-electron chi connectivity index (χ0n) is 8.12. The molecular weight excluding hydrogens is 210 g/mol. The van der Waals surface area contributed by atoms with E-state index in [-0.39, 0.29) is 0 Å². The first-order chi connectivity index (χ1) is 6.68. The van der Waals surface area contributed by atoms with Crippen molar-refractivity contribution in [1.82, 2.24) is 0 Å². The van der Waals surface area contributed by atoms with E-state index in [1.165, 1.54) is 0 Å². The van der Waals surface area contributed by atoms with Crippen molar-refractivity contribution in [2.45, 2.75) is 6.92 Å². The van der Waals surface area contributed by atoms with Gasteiger partial charge < -0.3 is 5.32 Å². The highest BCUT2D eigenvalue weighted by atomic mass is 32.2. The van der Waals surface area contributed by atoms with Gasteiger partial charge in [0.1, 0.15) is 4.32 Å². The van der Waals surface area contributed by atoms with Gasteiger partial charge >= 0.3 is 0 Å². The molecule has 1 aromatic carbocycles. The van der Waals surface area contributed by atoms with Crippen LogP contribution in [0.3, 0.4) is 0 Å². The van der Waals surface area contributed by atoms with Gasteiger partial charge in [0, 0.05) is 11.4 Å². The van der Waals surface area contributed by atoms with Crippen LogP contribution in [0.1, 0.15) is 6.92 Å². The van der Waals surface area contributed by atoms with E-state index in [0.717, 1.165) is 21.3 Å². The number of benzene rings is 1. The third-order valence-corrected chi connectivity index (χ3v) is 2.93. The van der Waals surface area contributed by atoms with Crippen LogP contribution < -0.4 is 5.32 Å². The number of thiocarbonyl (C=S) groups is 1. The van der Waals surface area contributed by atoms with E-state index in [9.17, 15) is 0 Å². The normalized spacial score (nSPS) is 9.50. The molecule has 0 radical (unpaired) electrons. The minimum Gasteiger partial charge on any atom is -0.341 e. The molecule has 0 aromatic heterocycles. The van der Waals surface area contributed by atoms with Gasteiger partial charge in [-0.1, -0.05) is 54.3 Å². The van der Waals surface area contributed by atoms with Crippen molar-refractivity contribution in [2.75, 3.05) is 11.1 Å². The third-order valence-electron chi connectivity index (χ3n) is 1.47. The van der Waals surface area contributed by atoms with Crippen LogP contribution in [0.15, 0.2) is 42.5 Å². The number of thioether (sulfide) groups is 1. The Labute approximate surface area is 94.6 Å². The first-order valence-corrected chi connectivity index (χ1v) is 5.71. The summed E-state index contributed by atoms with van der Waals surface area (Å²) in [5.41, 5.74) is 2.17. The quantitative estimate of drug-likeness (QED) is 0.620. The van der Waals surface area contributed by atoms with Gasteiger partial charge in [-0.15, -0.1) is 0 Å². The van der Waals surface area contributed by atoms with Crippen LogP contribution in [0, 0.1) is 0 Å². The number of anilines is 1. The summed E-state index contributed by atoms with van der Waals surface area (Å²) < 4.78 is 0.791. The lowest BCUT2D eigenvalue weighted by atomic mass is 10.3. The summed E-state index contributed by atoms with van der Waals surface area (Å²) in [4.78, 5) is 0. The van der Waals surface area contributed by atoms with Crippen LogP contribution >= 0.6 is 24.0 Å². The monoisotopic (exact) mass is 223 g/mol. The van der Waals surface area contributed by atoms with Gasteiger partial charge in [-0.3, -0.25) is 0 Å². The van der Waals surface area contributed by atoms with Crippen molar-refractivity contribution in [3.05, 3.63) is 42.5 Å². The Morgan fingerprint density at radius 2 is 2.07 bits per heavy atom. The second-order valence-electron chi connectivity index (χ2n) is 3.02. The maximum atomic E-state index is 5.17. The molecule has 0 saturated carbocycles. The Bertz CT molecular complexity index is 319. The van der Waals surface area contributed by atoms with Crippen molar-refractivity contribution in [2.24, 2.45) is 0 Å². The summed E-state index contributed by atoms with van der Waals surface area (Å²) in [6.45, 7) is 5.82. The van der Waals surface area contributed by atoms with E-state index in [2.05, 4.69) is 11.9 Å². The van der Waals surface area contributed by atoms with Crippen LogP contribution in [0.5, 0.6) is 0 Å². The standard InChI is InChI=1S/C11H13NS2/c1-9(2)8-14-11(13)12-10-6-4-3-5-7-10/h3-7H,1,8H2,2H3,(H,12,13). The van der Waals surface area contributed by atoms with Crippen LogP contribution in [-0.2, 0) is 0 Å². The van der Waals surface area contributed by atoms with Gasteiger partial charge in [0.05, 0.1) is 0 Å². The van der Waals surface area contributed by atoms with Crippen LogP contribution in [0.25, 0.3) is 0 Å². The average molecular weight is 223 g/mol. The maximum absolute atomic E-state index is 5.17. The van der Waals surface area contributed by atoms with E-state index in [1.807, 2.05) is 37.3 Å². The largest absolute Gasteiger partial charge is 0.341 e. The molecule has 0 heterocycles. The van der Waals surface area contributed by atoms with Crippen LogP contribution in [0.4, 0.5) is 5.69 Å². The summed E-state index contributed by atoms with van der Waals surface area (Å²) in [5.74, 6) is 0.874. The number of rotatable bonds is 3. The molecule has 1 rings (SSSR count). The number of hydrogen-bond donors (Lipinski definition) is 1. The highest BCUT2D eigenvalue weighted by Crippen LogP contribution is 2.12. The summed E-state index contributed by atoms with van der Waals surface area (Å²) >= 11 is 6.77. The van der Waals surface area contributed by atoms with E-state index < -0.39 is 0 Å². The maximum Gasteiger partial charge on any atom is 0.138 e. The second-order valence-corrected chi connectivity index (χ2v) is 4.68. The molecule has 0 fully saturated rings. The molecule has 0 atom stereocenters. The molecule has 0 aliphatic rings. The first-order valence-electron chi connectivity index (χ1n) is 4.31. The Kier molecular flexibility index (Phi) is 4.70. The zero-order valence-corrected chi connectivity index (χ0v) is 9.75. The Hall–Kier alpha value is -0.800. The molecule has 1 aromatic rings. The van der Waals surface area contributed by atoms with Crippen LogP contribution in [-0.4, -0.2) is 10.1 Å². The summed E-state index contributed by atoms with van der Waals surface area (Å²) in [6.07, 6.45) is 0. The van der Waals surface area contributed by atoms with E-state index in [0.29, 0.717) is 0 Å². The molecule has 0 unspecified atom stereocenters. The lowest BCUT2D eigenvalue weighted by molar-refractivity contribution is 1.45. The van der Waals surface area contributed by atoms with E-state index >= 15 is 0 Å². The zero-order chi connectivity index (χ0) is 10.4. The van der Waals surface area contributed by atoms with E-state index in [1.54, 1.807) is 11.8 Å². The molecule has 14 heavy (non-hydrogen) atoms. The fourth-order valence-corrected chi connectivity index (χ4v) is 1.73. The van der Waals surface area contributed by atoms with E-state index in [4.69, 9.17) is 12.2 Å². The molecule has 0 aliphatic heterocycles. The average Bonchev–Trinajstić information content (AvgIpc) is 2.16. The summed E-state index contributed by atoms with van der Waals surface area (Å²) in [7, 11) is 0. The predicted molar refractivity (Wildman–Crippen MR) is 69.9 cm³/mol. The van der Waals surface area contributed by atoms with Crippen molar-refractivity contribution < 1.29 is 0 Å². The molecule has 74 valence electrons. The predicted octanol–water partition coefficient (Wildman–Crippen LogP) is 3.69. The smallest absolute Gasteiger partial charge is 0.138 e. The van der Waals surface area contributed by atoms with Crippen molar-refractivity contribution in [3.8, 4) is 0 Å². The minimum atomic E-state index is 0.791. The second kappa shape index (κ2) is 5.83. The summed E-state index contributed by atoms with van der Waals surface area (Å²) in [5, 5.41) is 3.15. The van der Waals surface area contributed by atoms with Crippen molar-refractivity contribution in [3.63, 3.8) is 0 Å². The number of hydrogen-bond acceptors (Lipinski definition) is 2. The lowest BCUT2D eigenvalue weighted by Gasteiger charge is -2.06. The minimum absolute atomic E-state index is 0.791. The van der Waals surface area contributed by atoms with Gasteiger partial charge in [0.25, 0.3) is 0 Å². The molecular formula is C11H13NS2. The number of nitrogens with one attached hydrogen (secondary N) is 1. The van der Waals surface area contributed by atoms with Crippen molar-refractivity contribution >= 4 is 34.0 Å². The molecule has 0 amide bonds. The topological polar surface area (TPSA) is 12.0 Å². The molecule has 1 nitrogen and oxygen atoms in total. The SMILES string of the molecule is C=C(C)CSC(=S)Nc1ccccc1.